The third-order valence-electron chi connectivity index (χ3n) is 2.59. The number of aromatic nitrogens is 2. The molecule has 0 bridgehead atoms. The standard InChI is InChI=1S/C13H11F3N4O2S/c14-13(15,16)7-3-1-2-4-8(7)18-11(22)6-23-12-19-9(17)5-10(21)20-12/h1-5H,6H2,(H,18,22)(H3,17,19,20,21). The lowest BCUT2D eigenvalue weighted by molar-refractivity contribution is -0.137. The van der Waals surface area contributed by atoms with E-state index in [1.165, 1.54) is 12.1 Å². The first-order valence-corrected chi connectivity index (χ1v) is 7.20. The largest absolute Gasteiger partial charge is 0.418 e. The van der Waals surface area contributed by atoms with Crippen molar-refractivity contribution in [2.45, 2.75) is 11.3 Å². The van der Waals surface area contributed by atoms with Crippen molar-refractivity contribution in [2.75, 3.05) is 16.8 Å². The van der Waals surface area contributed by atoms with Crippen LogP contribution in [0.1, 0.15) is 5.56 Å². The van der Waals surface area contributed by atoms with Crippen molar-refractivity contribution < 1.29 is 18.0 Å². The van der Waals surface area contributed by atoms with Gasteiger partial charge in [-0.1, -0.05) is 23.9 Å². The molecule has 23 heavy (non-hydrogen) atoms. The van der Waals surface area contributed by atoms with E-state index in [2.05, 4.69) is 15.3 Å². The Morgan fingerprint density at radius 2 is 2.04 bits per heavy atom. The Balaban J connectivity index is 2.05. The highest BCUT2D eigenvalue weighted by Crippen LogP contribution is 2.34. The van der Waals surface area contributed by atoms with Gasteiger partial charge in [-0.25, -0.2) is 4.98 Å². The zero-order valence-electron chi connectivity index (χ0n) is 11.5. The topological polar surface area (TPSA) is 101 Å². The van der Waals surface area contributed by atoms with Crippen LogP contribution in [-0.4, -0.2) is 21.6 Å². The molecule has 0 aliphatic carbocycles. The van der Waals surface area contributed by atoms with Gasteiger partial charge in [0.15, 0.2) is 5.16 Å². The third-order valence-corrected chi connectivity index (χ3v) is 3.46. The van der Waals surface area contributed by atoms with Crippen molar-refractivity contribution in [2.24, 2.45) is 0 Å². The van der Waals surface area contributed by atoms with E-state index in [1.807, 2.05) is 0 Å². The van der Waals surface area contributed by atoms with Crippen LogP contribution in [0.15, 0.2) is 40.3 Å². The number of amides is 1. The number of hydrogen-bond acceptors (Lipinski definition) is 5. The Morgan fingerprint density at radius 3 is 2.70 bits per heavy atom. The van der Waals surface area contributed by atoms with Gasteiger partial charge in [0, 0.05) is 6.07 Å². The number of carbonyl (C=O) groups is 1. The molecule has 0 aliphatic heterocycles. The number of alkyl halides is 3. The van der Waals surface area contributed by atoms with Gasteiger partial charge in [-0.3, -0.25) is 9.59 Å². The minimum atomic E-state index is -4.57. The fourth-order valence-corrected chi connectivity index (χ4v) is 2.36. The van der Waals surface area contributed by atoms with Gasteiger partial charge >= 0.3 is 6.18 Å². The van der Waals surface area contributed by atoms with Crippen molar-refractivity contribution in [3.05, 3.63) is 46.2 Å². The van der Waals surface area contributed by atoms with Crippen LogP contribution in [0.5, 0.6) is 0 Å². The minimum absolute atomic E-state index is 0.0147. The number of nitrogens with zero attached hydrogens (tertiary/aromatic N) is 1. The molecule has 6 nitrogen and oxygen atoms in total. The average molecular weight is 344 g/mol. The van der Waals surface area contributed by atoms with Crippen LogP contribution >= 0.6 is 11.8 Å². The quantitative estimate of drug-likeness (QED) is 0.582. The summed E-state index contributed by atoms with van der Waals surface area (Å²) in [6.45, 7) is 0. The normalized spacial score (nSPS) is 11.3. The van der Waals surface area contributed by atoms with Crippen LogP contribution in [0.4, 0.5) is 24.7 Å². The molecule has 0 radical (unpaired) electrons. The van der Waals surface area contributed by atoms with Crippen LogP contribution in [0.25, 0.3) is 0 Å². The molecule has 1 amide bonds. The van der Waals surface area contributed by atoms with E-state index in [-0.39, 0.29) is 22.4 Å². The Kier molecular flexibility index (Phi) is 4.94. The molecule has 0 spiro atoms. The zero-order chi connectivity index (χ0) is 17.0. The number of thioether (sulfide) groups is 1. The molecule has 0 atom stereocenters. The molecule has 0 saturated carbocycles. The number of carbonyl (C=O) groups excluding carboxylic acids is 1. The molecule has 2 aromatic rings. The van der Waals surface area contributed by atoms with Crippen LogP contribution in [0, 0.1) is 0 Å². The monoisotopic (exact) mass is 344 g/mol. The molecule has 0 fully saturated rings. The first-order valence-electron chi connectivity index (χ1n) is 6.21. The Morgan fingerprint density at radius 1 is 1.35 bits per heavy atom. The zero-order valence-corrected chi connectivity index (χ0v) is 12.3. The summed E-state index contributed by atoms with van der Waals surface area (Å²) in [4.78, 5) is 29.1. The second-order valence-corrected chi connectivity index (χ2v) is 5.32. The minimum Gasteiger partial charge on any atom is -0.383 e. The molecule has 2 rings (SSSR count). The van der Waals surface area contributed by atoms with Crippen LogP contribution in [-0.2, 0) is 11.0 Å². The first-order chi connectivity index (χ1) is 10.8. The van der Waals surface area contributed by atoms with Gasteiger partial charge in [-0.05, 0) is 12.1 Å². The summed E-state index contributed by atoms with van der Waals surface area (Å²) >= 11 is 0.850. The van der Waals surface area contributed by atoms with Gasteiger partial charge < -0.3 is 16.0 Å². The fourth-order valence-electron chi connectivity index (χ4n) is 1.68. The second-order valence-electron chi connectivity index (χ2n) is 4.36. The number of H-pyrrole nitrogens is 1. The van der Waals surface area contributed by atoms with Gasteiger partial charge in [0.2, 0.25) is 5.91 Å². The maximum absolute atomic E-state index is 12.8. The van der Waals surface area contributed by atoms with Gasteiger partial charge in [-0.15, -0.1) is 0 Å². The summed E-state index contributed by atoms with van der Waals surface area (Å²) < 4.78 is 38.5. The molecule has 0 saturated heterocycles. The molecule has 0 aliphatic rings. The van der Waals surface area contributed by atoms with Crippen molar-refractivity contribution in [1.29, 1.82) is 0 Å². The van der Waals surface area contributed by atoms with Crippen molar-refractivity contribution in [3.8, 4) is 0 Å². The molecule has 4 N–H and O–H groups in total. The fraction of sp³-hybridized carbons (Fsp3) is 0.154. The Hall–Kier alpha value is -2.49. The molecule has 1 heterocycles. The number of rotatable bonds is 4. The third kappa shape index (κ3) is 4.74. The first kappa shape index (κ1) is 16.9. The number of nitrogens with two attached hydrogens (primary N) is 1. The predicted molar refractivity (Wildman–Crippen MR) is 80.1 cm³/mol. The highest BCUT2D eigenvalue weighted by molar-refractivity contribution is 7.99. The summed E-state index contributed by atoms with van der Waals surface area (Å²) in [6.07, 6.45) is -4.57. The van der Waals surface area contributed by atoms with E-state index >= 15 is 0 Å². The smallest absolute Gasteiger partial charge is 0.383 e. The van der Waals surface area contributed by atoms with E-state index < -0.39 is 23.2 Å². The van der Waals surface area contributed by atoms with Crippen molar-refractivity contribution >= 4 is 29.2 Å². The van der Waals surface area contributed by atoms with E-state index in [0.717, 1.165) is 30.0 Å². The summed E-state index contributed by atoms with van der Waals surface area (Å²) in [7, 11) is 0. The molecule has 1 aromatic carbocycles. The Labute approximate surface area is 132 Å². The summed E-state index contributed by atoms with van der Waals surface area (Å²) in [5, 5.41) is 2.29. The number of anilines is 2. The van der Waals surface area contributed by atoms with Crippen molar-refractivity contribution in [1.82, 2.24) is 9.97 Å². The lowest BCUT2D eigenvalue weighted by Gasteiger charge is -2.13. The average Bonchev–Trinajstić information content (AvgIpc) is 2.43. The number of para-hydroxylation sites is 1. The predicted octanol–water partition coefficient (Wildman–Crippen LogP) is 2.10. The highest BCUT2D eigenvalue weighted by atomic mass is 32.2. The highest BCUT2D eigenvalue weighted by Gasteiger charge is 2.33. The molecule has 10 heteroatoms. The van der Waals surface area contributed by atoms with Gasteiger partial charge in [0.05, 0.1) is 17.0 Å². The molecular weight excluding hydrogens is 333 g/mol. The Bertz CT molecular complexity index is 776. The lowest BCUT2D eigenvalue weighted by Crippen LogP contribution is -2.18. The van der Waals surface area contributed by atoms with Crippen LogP contribution in [0.3, 0.4) is 0 Å². The van der Waals surface area contributed by atoms with Gasteiger partial charge in [-0.2, -0.15) is 13.2 Å². The number of hydrogen-bond donors (Lipinski definition) is 3. The second kappa shape index (κ2) is 6.73. The molecule has 1 aromatic heterocycles. The molecule has 0 unspecified atom stereocenters. The number of benzene rings is 1. The maximum Gasteiger partial charge on any atom is 0.418 e. The molecular formula is C13H11F3N4O2S. The number of nitrogen functional groups attached to an aromatic ring is 1. The van der Waals surface area contributed by atoms with E-state index in [9.17, 15) is 22.8 Å². The van der Waals surface area contributed by atoms with E-state index in [4.69, 9.17) is 5.73 Å². The van der Waals surface area contributed by atoms with Crippen molar-refractivity contribution in [3.63, 3.8) is 0 Å². The van der Waals surface area contributed by atoms with Crippen LogP contribution in [0.2, 0.25) is 0 Å². The SMILES string of the molecule is Nc1cc(=O)[nH]c(SCC(=O)Nc2ccccc2C(F)(F)F)n1. The lowest BCUT2D eigenvalue weighted by atomic mass is 10.1. The van der Waals surface area contributed by atoms with Gasteiger partial charge in [0.1, 0.15) is 5.82 Å². The summed E-state index contributed by atoms with van der Waals surface area (Å²) in [6, 6.07) is 5.72. The van der Waals surface area contributed by atoms with E-state index in [0.29, 0.717) is 0 Å². The van der Waals surface area contributed by atoms with Crippen LogP contribution < -0.4 is 16.6 Å². The number of halogens is 3. The van der Waals surface area contributed by atoms with Gasteiger partial charge in [0.25, 0.3) is 5.56 Å². The molecule has 122 valence electrons. The summed E-state index contributed by atoms with van der Waals surface area (Å²) in [5.74, 6) is -0.922. The number of nitrogens with one attached hydrogen (secondary N) is 2. The van der Waals surface area contributed by atoms with E-state index in [1.54, 1.807) is 0 Å². The maximum atomic E-state index is 12.8. The summed E-state index contributed by atoms with van der Waals surface area (Å²) in [5.41, 5.74) is 3.63. The number of aromatic amines is 1.